The third kappa shape index (κ3) is 5.31. The number of benzene rings is 2. The first-order chi connectivity index (χ1) is 20.9. The average molecular weight is 581 g/mol. The molecule has 2 saturated heterocycles. The molecule has 3 fully saturated rings. The lowest BCUT2D eigenvalue weighted by atomic mass is 9.74. The average Bonchev–Trinajstić information content (AvgIpc) is 3.61. The fraction of sp³-hybridized carbons (Fsp3) is 0.441. The van der Waals surface area contributed by atoms with Crippen LogP contribution in [0.5, 0.6) is 5.75 Å². The number of aliphatic imine (C=N–C) groups is 1. The zero-order valence-electron chi connectivity index (χ0n) is 24.3. The van der Waals surface area contributed by atoms with Gasteiger partial charge in [-0.1, -0.05) is 36.4 Å². The topological polar surface area (TPSA) is 117 Å². The number of nitrogens with two attached hydrogens (primary N) is 1. The van der Waals surface area contributed by atoms with E-state index in [9.17, 15) is 14.4 Å². The summed E-state index contributed by atoms with van der Waals surface area (Å²) >= 11 is 0. The number of hydrogen-bond donors (Lipinski definition) is 2. The Balaban J connectivity index is 0.961. The standard InChI is InChI=1S/C34H37N5O4/c35-15-22(16-36-17-25-14-27(25)23-4-2-1-3-5-23)18-38-12-10-34(11-13-38)21-43-31-28-20-39(33(42)26(28)7-8-29(31)34)19-24-6-9-30(40)37-32(24)41/h1-5,7-8,15-16,19,24-25,27H,6,9-14,17-18,20-21H2,(H2-,35,36,37,40,41)/p+1/t24?,25-,27-/m1/s1. The molecule has 2 aromatic carbocycles. The Morgan fingerprint density at radius 1 is 1.14 bits per heavy atom. The smallest absolute Gasteiger partial charge is 0.420 e. The summed E-state index contributed by atoms with van der Waals surface area (Å²) in [5, 5.41) is 2.37. The van der Waals surface area contributed by atoms with E-state index in [4.69, 9.17) is 15.5 Å². The van der Waals surface area contributed by atoms with E-state index in [0.717, 1.165) is 55.9 Å². The molecule has 43 heavy (non-hydrogen) atoms. The zero-order valence-corrected chi connectivity index (χ0v) is 24.3. The van der Waals surface area contributed by atoms with Crippen molar-refractivity contribution < 1.29 is 23.7 Å². The molecular weight excluding hydrogens is 542 g/mol. The number of nitrogens with one attached hydrogen (secondary N) is 1. The van der Waals surface area contributed by atoms with Crippen LogP contribution in [0.15, 0.2) is 59.2 Å². The van der Waals surface area contributed by atoms with Crippen LogP contribution in [-0.4, -0.2) is 72.4 Å². The predicted octanol–water partition coefficient (Wildman–Crippen LogP) is 2.92. The molecule has 1 saturated carbocycles. The van der Waals surface area contributed by atoms with E-state index in [0.29, 0.717) is 37.0 Å². The summed E-state index contributed by atoms with van der Waals surface area (Å²) in [6.45, 7) is 4.47. The second-order valence-corrected chi connectivity index (χ2v) is 12.7. The van der Waals surface area contributed by atoms with Crippen LogP contribution in [0.2, 0.25) is 0 Å². The first-order valence-corrected chi connectivity index (χ1v) is 15.4. The summed E-state index contributed by atoms with van der Waals surface area (Å²) in [4.78, 5) is 44.2. The first-order valence-electron chi connectivity index (χ1n) is 15.4. The highest BCUT2D eigenvalue weighted by atomic mass is 16.5. The monoisotopic (exact) mass is 580 g/mol. The summed E-state index contributed by atoms with van der Waals surface area (Å²) in [7, 11) is 0. The minimum atomic E-state index is -0.488. The van der Waals surface area contributed by atoms with Crippen LogP contribution >= 0.6 is 0 Å². The number of rotatable bonds is 7. The molecule has 5 aliphatic rings. The molecular formula is C34H38N5O4+. The van der Waals surface area contributed by atoms with Crippen molar-refractivity contribution in [1.29, 1.82) is 0 Å². The van der Waals surface area contributed by atoms with Gasteiger partial charge in [-0.05, 0) is 74.0 Å². The quantitative estimate of drug-likeness (QED) is 0.296. The number of likely N-dealkylation sites (tertiary alicyclic amines) is 1. The van der Waals surface area contributed by atoms with Gasteiger partial charge in [0.05, 0.1) is 12.2 Å². The normalized spacial score (nSPS) is 27.4. The number of hydrogen-bond acceptors (Lipinski definition) is 7. The summed E-state index contributed by atoms with van der Waals surface area (Å²) in [5.74, 6) is 0.869. The minimum absolute atomic E-state index is 0.0657. The van der Waals surface area contributed by atoms with Gasteiger partial charge in [0, 0.05) is 36.7 Å². The third-order valence-electron chi connectivity index (χ3n) is 9.97. The SMILES string of the molecule is N/C=C(\C=NC[C@H]1C[C@@H]1c1ccccc1)CN1CCC2(CC1)COc1c2ccc2c1C[N+](=CC1CCC(=O)NC1=O)C2=O. The maximum Gasteiger partial charge on any atom is 0.420 e. The van der Waals surface area contributed by atoms with Crippen molar-refractivity contribution in [3.63, 3.8) is 0 Å². The van der Waals surface area contributed by atoms with E-state index in [2.05, 4.69) is 46.6 Å². The van der Waals surface area contributed by atoms with Crippen LogP contribution in [0.4, 0.5) is 0 Å². The van der Waals surface area contributed by atoms with Gasteiger partial charge >= 0.3 is 5.91 Å². The van der Waals surface area contributed by atoms with Crippen molar-refractivity contribution in [1.82, 2.24) is 10.2 Å². The Bertz CT molecular complexity index is 1550. The summed E-state index contributed by atoms with van der Waals surface area (Å²) in [5.41, 5.74) is 11.1. The highest BCUT2D eigenvalue weighted by Crippen LogP contribution is 2.49. The van der Waals surface area contributed by atoms with Crippen LogP contribution in [-0.2, 0) is 21.5 Å². The van der Waals surface area contributed by atoms with E-state index < -0.39 is 5.92 Å². The molecule has 3 atom stereocenters. The summed E-state index contributed by atoms with van der Waals surface area (Å²) in [6.07, 6.45) is 9.15. The first kappa shape index (κ1) is 27.7. The fourth-order valence-corrected chi connectivity index (χ4v) is 7.25. The Hall–Kier alpha value is -4.11. The van der Waals surface area contributed by atoms with Crippen LogP contribution in [0.25, 0.3) is 0 Å². The number of carbonyl (C=O) groups is 3. The summed E-state index contributed by atoms with van der Waals surface area (Å²) in [6, 6.07) is 14.7. The van der Waals surface area contributed by atoms with Gasteiger partial charge in [0.25, 0.3) is 0 Å². The molecule has 1 aliphatic carbocycles. The molecule has 2 aromatic rings. The lowest BCUT2D eigenvalue weighted by Crippen LogP contribution is -2.44. The van der Waals surface area contributed by atoms with Crippen molar-refractivity contribution in [2.24, 2.45) is 22.6 Å². The highest BCUT2D eigenvalue weighted by Gasteiger charge is 2.47. The van der Waals surface area contributed by atoms with Crippen LogP contribution < -0.4 is 15.8 Å². The Kier molecular flexibility index (Phi) is 7.21. The van der Waals surface area contributed by atoms with Crippen molar-refractivity contribution in [2.75, 3.05) is 32.8 Å². The van der Waals surface area contributed by atoms with Crippen LogP contribution in [0.1, 0.15) is 65.1 Å². The van der Waals surface area contributed by atoms with E-state index in [1.165, 1.54) is 17.5 Å². The number of carbonyl (C=O) groups excluding carboxylic acids is 3. The maximum absolute atomic E-state index is 13.2. The molecule has 9 heteroatoms. The Morgan fingerprint density at radius 2 is 1.95 bits per heavy atom. The van der Waals surface area contributed by atoms with Gasteiger partial charge in [-0.3, -0.25) is 24.8 Å². The number of piperidine rings is 2. The molecule has 7 rings (SSSR count). The van der Waals surface area contributed by atoms with Crippen molar-refractivity contribution in [3.8, 4) is 5.75 Å². The largest absolute Gasteiger partial charge is 0.492 e. The van der Waals surface area contributed by atoms with E-state index in [1.54, 1.807) is 17.0 Å². The minimum Gasteiger partial charge on any atom is -0.492 e. The molecule has 4 heterocycles. The Labute approximate surface area is 251 Å². The zero-order chi connectivity index (χ0) is 29.6. The molecule has 0 radical (unpaired) electrons. The fourth-order valence-electron chi connectivity index (χ4n) is 7.25. The molecule has 222 valence electrons. The third-order valence-corrected chi connectivity index (χ3v) is 9.97. The van der Waals surface area contributed by atoms with Gasteiger partial charge < -0.3 is 10.5 Å². The van der Waals surface area contributed by atoms with Gasteiger partial charge in [-0.15, -0.1) is 0 Å². The molecule has 0 aromatic heterocycles. The highest BCUT2D eigenvalue weighted by molar-refractivity contribution is 6.05. The van der Waals surface area contributed by atoms with E-state index >= 15 is 0 Å². The van der Waals surface area contributed by atoms with Gasteiger partial charge in [-0.2, -0.15) is 4.58 Å². The van der Waals surface area contributed by atoms with Crippen molar-refractivity contribution in [3.05, 3.63) is 76.5 Å². The van der Waals surface area contributed by atoms with E-state index in [1.807, 2.05) is 12.3 Å². The summed E-state index contributed by atoms with van der Waals surface area (Å²) < 4.78 is 7.93. The van der Waals surface area contributed by atoms with Gasteiger partial charge in [0.2, 0.25) is 11.8 Å². The lowest BCUT2D eigenvalue weighted by molar-refractivity contribution is -0.434. The molecule has 1 spiro atoms. The van der Waals surface area contributed by atoms with Crippen molar-refractivity contribution >= 4 is 30.2 Å². The predicted molar refractivity (Wildman–Crippen MR) is 162 cm³/mol. The van der Waals surface area contributed by atoms with Crippen LogP contribution in [0.3, 0.4) is 0 Å². The van der Waals surface area contributed by atoms with E-state index in [-0.39, 0.29) is 29.6 Å². The van der Waals surface area contributed by atoms with Gasteiger partial charge in [-0.25, -0.2) is 4.79 Å². The number of imide groups is 1. The Morgan fingerprint density at radius 3 is 2.72 bits per heavy atom. The van der Waals surface area contributed by atoms with Gasteiger partial charge in [0.1, 0.15) is 17.2 Å². The number of fused-ring (bicyclic) bond motifs is 4. The molecule has 0 bridgehead atoms. The second-order valence-electron chi connectivity index (χ2n) is 12.7. The maximum atomic E-state index is 13.2. The van der Waals surface area contributed by atoms with Crippen molar-refractivity contribution in [2.45, 2.75) is 50.0 Å². The van der Waals surface area contributed by atoms with Crippen LogP contribution in [0, 0.1) is 11.8 Å². The molecule has 3 amide bonds. The number of nitrogens with zero attached hydrogens (tertiary/aromatic N) is 3. The molecule has 4 aliphatic heterocycles. The molecule has 1 unspecified atom stereocenters. The van der Waals surface area contributed by atoms with Gasteiger partial charge in [0.15, 0.2) is 12.8 Å². The molecule has 9 nitrogen and oxygen atoms in total. The lowest BCUT2D eigenvalue weighted by Gasteiger charge is -2.38. The second kappa shape index (κ2) is 11.2. The number of amides is 3. The number of ether oxygens (including phenoxy) is 1. The molecule has 3 N–H and O–H groups in total.